The first kappa shape index (κ1) is 9.01. The van der Waals surface area contributed by atoms with Crippen LogP contribution in [0.2, 0.25) is 0 Å². The van der Waals surface area contributed by atoms with E-state index in [-0.39, 0.29) is 0 Å². The van der Waals surface area contributed by atoms with Crippen molar-refractivity contribution in [2.45, 2.75) is 26.7 Å². The third-order valence-corrected chi connectivity index (χ3v) is 4.38. The molecule has 3 N–H and O–H groups in total. The van der Waals surface area contributed by atoms with E-state index in [0.717, 1.165) is 11.6 Å². The van der Waals surface area contributed by atoms with Gasteiger partial charge in [0.05, 0.1) is 5.69 Å². The van der Waals surface area contributed by atoms with Gasteiger partial charge in [-0.25, -0.2) is 0 Å². The number of nitrogens with zero attached hydrogens (tertiary/aromatic N) is 1. The van der Waals surface area contributed by atoms with Gasteiger partial charge in [0, 0.05) is 6.07 Å². The molecule has 1 saturated carbocycles. The number of hydrogen-bond donors (Lipinski definition) is 2. The summed E-state index contributed by atoms with van der Waals surface area (Å²) in [5.74, 6) is 2.16. The summed E-state index contributed by atoms with van der Waals surface area (Å²) >= 11 is 0. The molecule has 3 heteroatoms. The molecule has 80 valence electrons. The largest absolute Gasteiger partial charge is 0.382 e. The highest BCUT2D eigenvalue weighted by Crippen LogP contribution is 2.61. The molecule has 0 saturated heterocycles. The predicted octanol–water partition coefficient (Wildman–Crippen LogP) is 2.44. The third-order valence-electron chi connectivity index (χ3n) is 4.38. The first-order valence-corrected chi connectivity index (χ1v) is 5.60. The van der Waals surface area contributed by atoms with E-state index in [1.807, 2.05) is 6.07 Å². The molecule has 2 unspecified atom stereocenters. The summed E-state index contributed by atoms with van der Waals surface area (Å²) in [6.45, 7) is 4.75. The molecule has 1 heterocycles. The number of rotatable bonds is 1. The van der Waals surface area contributed by atoms with E-state index in [4.69, 9.17) is 5.73 Å². The minimum Gasteiger partial charge on any atom is -0.382 e. The number of allylic oxidation sites excluding steroid dienone is 2. The van der Waals surface area contributed by atoms with Crippen molar-refractivity contribution < 1.29 is 0 Å². The maximum Gasteiger partial charge on any atom is 0.145 e. The summed E-state index contributed by atoms with van der Waals surface area (Å²) < 4.78 is 0. The smallest absolute Gasteiger partial charge is 0.145 e. The summed E-state index contributed by atoms with van der Waals surface area (Å²) in [6, 6.07) is 1.94. The number of fused-ring (bicyclic) bond motifs is 1. The Morgan fingerprint density at radius 2 is 2.33 bits per heavy atom. The molecule has 15 heavy (non-hydrogen) atoms. The van der Waals surface area contributed by atoms with Gasteiger partial charge < -0.3 is 5.73 Å². The van der Waals surface area contributed by atoms with E-state index in [1.54, 1.807) is 0 Å². The Balaban J connectivity index is 1.98. The van der Waals surface area contributed by atoms with Crippen LogP contribution in [0, 0.1) is 17.3 Å². The zero-order valence-corrected chi connectivity index (χ0v) is 9.25. The first-order valence-electron chi connectivity index (χ1n) is 5.60. The van der Waals surface area contributed by atoms with Crippen LogP contribution in [0.5, 0.6) is 0 Å². The lowest BCUT2D eigenvalue weighted by Crippen LogP contribution is -2.47. The molecule has 2 atom stereocenters. The minimum atomic E-state index is 0.462. The standard InChI is InChI=1S/C12H17N3/c1-12(2)7-3-4-8(9(12)5-7)10-6-11(13)15-14-10/h4,6-7,9H,3,5H2,1-2H3,(H3,13,14,15). The molecule has 3 aliphatic rings. The fourth-order valence-electron chi connectivity index (χ4n) is 3.14. The molecule has 0 spiro atoms. The SMILES string of the molecule is CC1(C)C2CC=C(c3cc(N)n[nH]3)C1C2. The van der Waals surface area contributed by atoms with Crippen LogP contribution >= 0.6 is 0 Å². The Morgan fingerprint density at radius 1 is 1.53 bits per heavy atom. The number of nitrogens with two attached hydrogens (primary N) is 1. The number of nitrogens with one attached hydrogen (secondary N) is 1. The van der Waals surface area contributed by atoms with Crippen molar-refractivity contribution in [3.05, 3.63) is 17.8 Å². The molecule has 3 aliphatic carbocycles. The van der Waals surface area contributed by atoms with Gasteiger partial charge in [-0.1, -0.05) is 19.9 Å². The van der Waals surface area contributed by atoms with Crippen LogP contribution in [0.4, 0.5) is 5.82 Å². The quantitative estimate of drug-likeness (QED) is 0.736. The van der Waals surface area contributed by atoms with Crippen molar-refractivity contribution in [3.8, 4) is 0 Å². The highest BCUT2D eigenvalue weighted by atomic mass is 15.2. The molecular weight excluding hydrogens is 186 g/mol. The number of anilines is 1. The summed E-state index contributed by atoms with van der Waals surface area (Å²) in [5, 5.41) is 7.03. The Kier molecular flexibility index (Phi) is 1.59. The highest BCUT2D eigenvalue weighted by molar-refractivity contribution is 5.69. The molecule has 0 amide bonds. The van der Waals surface area contributed by atoms with Gasteiger partial charge in [-0.3, -0.25) is 5.10 Å². The van der Waals surface area contributed by atoms with E-state index in [9.17, 15) is 0 Å². The molecule has 0 aromatic carbocycles. The number of hydrogen-bond acceptors (Lipinski definition) is 2. The summed E-state index contributed by atoms with van der Waals surface area (Å²) in [5.41, 5.74) is 8.64. The number of nitrogen functional groups attached to an aromatic ring is 1. The van der Waals surface area contributed by atoms with Crippen LogP contribution in [-0.4, -0.2) is 10.2 Å². The topological polar surface area (TPSA) is 54.7 Å². The molecule has 0 aliphatic heterocycles. The zero-order chi connectivity index (χ0) is 10.6. The lowest BCUT2D eigenvalue weighted by Gasteiger charge is -2.56. The van der Waals surface area contributed by atoms with Crippen LogP contribution in [0.25, 0.3) is 5.57 Å². The van der Waals surface area contributed by atoms with Gasteiger partial charge in [0.1, 0.15) is 5.82 Å². The van der Waals surface area contributed by atoms with Crippen molar-refractivity contribution in [1.29, 1.82) is 0 Å². The number of aromatic nitrogens is 2. The maximum atomic E-state index is 5.64. The number of H-pyrrole nitrogens is 1. The van der Waals surface area contributed by atoms with Crippen molar-refractivity contribution in [1.82, 2.24) is 10.2 Å². The molecule has 4 rings (SSSR count). The van der Waals surface area contributed by atoms with Crippen LogP contribution in [-0.2, 0) is 0 Å². The highest BCUT2D eigenvalue weighted by Gasteiger charge is 2.51. The maximum absolute atomic E-state index is 5.64. The van der Waals surface area contributed by atoms with Gasteiger partial charge in [0.2, 0.25) is 0 Å². The summed E-state index contributed by atoms with van der Waals surface area (Å²) in [6.07, 6.45) is 4.90. The average molecular weight is 203 g/mol. The van der Waals surface area contributed by atoms with E-state index in [1.165, 1.54) is 18.4 Å². The molecular formula is C12H17N3. The van der Waals surface area contributed by atoms with Gasteiger partial charge in [-0.2, -0.15) is 5.10 Å². The van der Waals surface area contributed by atoms with Crippen molar-refractivity contribution >= 4 is 11.4 Å². The minimum absolute atomic E-state index is 0.462. The zero-order valence-electron chi connectivity index (χ0n) is 9.25. The van der Waals surface area contributed by atoms with E-state index < -0.39 is 0 Å². The normalized spacial score (nSPS) is 32.0. The third kappa shape index (κ3) is 1.09. The van der Waals surface area contributed by atoms with Crippen LogP contribution in [0.1, 0.15) is 32.4 Å². The fourth-order valence-corrected chi connectivity index (χ4v) is 3.14. The molecule has 1 aromatic heterocycles. The monoisotopic (exact) mass is 203 g/mol. The second-order valence-corrected chi connectivity index (χ2v) is 5.41. The van der Waals surface area contributed by atoms with Crippen LogP contribution < -0.4 is 5.73 Å². The summed E-state index contributed by atoms with van der Waals surface area (Å²) in [4.78, 5) is 0. The Hall–Kier alpha value is -1.25. The first-order chi connectivity index (χ1) is 7.09. The molecule has 0 radical (unpaired) electrons. The molecule has 3 nitrogen and oxygen atoms in total. The van der Waals surface area contributed by atoms with Gasteiger partial charge >= 0.3 is 0 Å². The van der Waals surface area contributed by atoms with E-state index in [2.05, 4.69) is 30.1 Å². The van der Waals surface area contributed by atoms with Gasteiger partial charge in [-0.15, -0.1) is 0 Å². The lowest BCUT2D eigenvalue weighted by molar-refractivity contribution is 0.0111. The van der Waals surface area contributed by atoms with Crippen molar-refractivity contribution in [3.63, 3.8) is 0 Å². The Morgan fingerprint density at radius 3 is 2.87 bits per heavy atom. The van der Waals surface area contributed by atoms with Crippen molar-refractivity contribution in [2.75, 3.05) is 5.73 Å². The van der Waals surface area contributed by atoms with Crippen molar-refractivity contribution in [2.24, 2.45) is 17.3 Å². The Bertz CT molecular complexity index is 428. The van der Waals surface area contributed by atoms with Gasteiger partial charge in [0.25, 0.3) is 0 Å². The summed E-state index contributed by atoms with van der Waals surface area (Å²) in [7, 11) is 0. The number of aromatic amines is 1. The molecule has 2 bridgehead atoms. The van der Waals surface area contributed by atoms with E-state index >= 15 is 0 Å². The predicted molar refractivity (Wildman–Crippen MR) is 61.0 cm³/mol. The molecule has 1 fully saturated rings. The molecule has 1 aromatic rings. The van der Waals surface area contributed by atoms with Gasteiger partial charge in [-0.05, 0) is 35.7 Å². The van der Waals surface area contributed by atoms with Gasteiger partial charge in [0.15, 0.2) is 0 Å². The van der Waals surface area contributed by atoms with E-state index in [0.29, 0.717) is 17.2 Å². The van der Waals surface area contributed by atoms with Crippen LogP contribution in [0.15, 0.2) is 12.1 Å². The second-order valence-electron chi connectivity index (χ2n) is 5.41. The average Bonchev–Trinajstić information content (AvgIpc) is 2.64. The lowest BCUT2D eigenvalue weighted by atomic mass is 9.48. The van der Waals surface area contributed by atoms with Crippen LogP contribution in [0.3, 0.4) is 0 Å². The fraction of sp³-hybridized carbons (Fsp3) is 0.583. The Labute approximate surface area is 89.8 Å². The second kappa shape index (κ2) is 2.65.